The van der Waals surface area contributed by atoms with E-state index in [2.05, 4.69) is 22.2 Å². The lowest BCUT2D eigenvalue weighted by Gasteiger charge is -2.29. The van der Waals surface area contributed by atoms with Crippen molar-refractivity contribution < 1.29 is 4.74 Å². The van der Waals surface area contributed by atoms with Gasteiger partial charge in [0.15, 0.2) is 0 Å². The normalized spacial score (nSPS) is 17.7. The third-order valence-electron chi connectivity index (χ3n) is 3.31. The Morgan fingerprint density at radius 2 is 2.05 bits per heavy atom. The van der Waals surface area contributed by atoms with Crippen molar-refractivity contribution in [3.8, 4) is 5.88 Å². The van der Waals surface area contributed by atoms with Gasteiger partial charge in [-0.15, -0.1) is 0 Å². The Morgan fingerprint density at radius 3 is 2.68 bits per heavy atom. The molecule has 2 heterocycles. The molecule has 0 aliphatic carbocycles. The van der Waals surface area contributed by atoms with Crippen LogP contribution in [0.3, 0.4) is 0 Å². The molecule has 0 radical (unpaired) electrons. The second-order valence-corrected chi connectivity index (χ2v) is 5.48. The van der Waals surface area contributed by atoms with Crippen LogP contribution in [0.2, 0.25) is 0 Å². The van der Waals surface area contributed by atoms with E-state index in [0.717, 1.165) is 31.7 Å². The van der Waals surface area contributed by atoms with Crippen LogP contribution in [-0.2, 0) is 0 Å². The minimum Gasteiger partial charge on any atom is -0.473 e. The highest BCUT2D eigenvalue weighted by Crippen LogP contribution is 2.23. The van der Waals surface area contributed by atoms with E-state index >= 15 is 0 Å². The van der Waals surface area contributed by atoms with Crippen LogP contribution in [0.5, 0.6) is 5.88 Å². The molecule has 0 unspecified atom stereocenters. The van der Waals surface area contributed by atoms with Crippen molar-refractivity contribution in [3.63, 3.8) is 0 Å². The number of hydrogen-bond donors (Lipinski definition) is 2. The molecule has 5 nitrogen and oxygen atoms in total. The van der Waals surface area contributed by atoms with Crippen molar-refractivity contribution in [2.75, 3.05) is 31.2 Å². The highest BCUT2D eigenvalue weighted by atomic mass is 16.5. The molecule has 5 heteroatoms. The number of nitrogens with two attached hydrogens (primary N) is 1. The molecule has 106 valence electrons. The van der Waals surface area contributed by atoms with Crippen molar-refractivity contribution in [1.29, 1.82) is 0 Å². The number of piperidine rings is 1. The van der Waals surface area contributed by atoms with E-state index in [0.29, 0.717) is 17.6 Å². The second kappa shape index (κ2) is 6.10. The Balaban J connectivity index is 2.00. The number of nitrogens with zero attached hydrogens (tertiary/aromatic N) is 2. The van der Waals surface area contributed by atoms with E-state index in [1.165, 1.54) is 0 Å². The average Bonchev–Trinajstić information content (AvgIpc) is 2.36. The summed E-state index contributed by atoms with van der Waals surface area (Å²) in [5.74, 6) is 1.37. The van der Waals surface area contributed by atoms with Crippen molar-refractivity contribution in [2.24, 2.45) is 0 Å². The maximum Gasteiger partial charge on any atom is 0.239 e. The third-order valence-corrected chi connectivity index (χ3v) is 3.31. The van der Waals surface area contributed by atoms with Gasteiger partial charge in [-0.1, -0.05) is 0 Å². The first-order valence-corrected chi connectivity index (χ1v) is 6.93. The molecule has 0 atom stereocenters. The lowest BCUT2D eigenvalue weighted by atomic mass is 10.1. The van der Waals surface area contributed by atoms with E-state index in [1.54, 1.807) is 0 Å². The number of hydrogen-bond acceptors (Lipinski definition) is 5. The predicted octanol–water partition coefficient (Wildman–Crippen LogP) is 1.96. The molecular weight excluding hydrogens is 240 g/mol. The van der Waals surface area contributed by atoms with Crippen LogP contribution in [-0.4, -0.2) is 42.2 Å². The fraction of sp³-hybridized carbons (Fsp3) is 0.643. The zero-order chi connectivity index (χ0) is 13.8. The van der Waals surface area contributed by atoms with Crippen LogP contribution in [0, 0.1) is 0 Å². The maximum absolute atomic E-state index is 5.87. The molecular formula is C14H24N4O. The molecule has 0 aromatic carbocycles. The van der Waals surface area contributed by atoms with Crippen LogP contribution in [0.25, 0.3) is 0 Å². The first-order chi connectivity index (χ1) is 9.04. The number of likely N-dealkylation sites (tertiary alicyclic amines) is 1. The zero-order valence-electron chi connectivity index (χ0n) is 12.0. The van der Waals surface area contributed by atoms with Gasteiger partial charge in [0, 0.05) is 6.04 Å². The van der Waals surface area contributed by atoms with Gasteiger partial charge in [-0.25, -0.2) is 0 Å². The van der Waals surface area contributed by atoms with Crippen molar-refractivity contribution in [3.05, 3.63) is 12.1 Å². The quantitative estimate of drug-likeness (QED) is 0.870. The van der Waals surface area contributed by atoms with E-state index < -0.39 is 0 Å². The van der Waals surface area contributed by atoms with Crippen LogP contribution >= 0.6 is 0 Å². The summed E-state index contributed by atoms with van der Waals surface area (Å²) in [5, 5.41) is 3.47. The highest BCUT2D eigenvalue weighted by Gasteiger charge is 2.17. The van der Waals surface area contributed by atoms with Crippen LogP contribution in [0.15, 0.2) is 12.1 Å². The molecule has 0 spiro atoms. The molecule has 1 aliphatic heterocycles. The summed E-state index contributed by atoms with van der Waals surface area (Å²) >= 11 is 0. The van der Waals surface area contributed by atoms with Crippen LogP contribution < -0.4 is 15.8 Å². The fourth-order valence-corrected chi connectivity index (χ4v) is 2.21. The summed E-state index contributed by atoms with van der Waals surface area (Å²) in [7, 11) is 2.16. The lowest BCUT2D eigenvalue weighted by molar-refractivity contribution is 0.234. The topological polar surface area (TPSA) is 63.4 Å². The minimum absolute atomic E-state index is 0.0772. The molecule has 1 fully saturated rings. The molecule has 1 aliphatic rings. The summed E-state index contributed by atoms with van der Waals surface area (Å²) < 4.78 is 5.61. The van der Waals surface area contributed by atoms with Gasteiger partial charge < -0.3 is 20.7 Å². The fourth-order valence-electron chi connectivity index (χ4n) is 2.21. The van der Waals surface area contributed by atoms with Crippen molar-refractivity contribution in [2.45, 2.75) is 38.8 Å². The zero-order valence-corrected chi connectivity index (χ0v) is 12.0. The number of pyridine rings is 1. The van der Waals surface area contributed by atoms with Crippen molar-refractivity contribution >= 4 is 11.5 Å². The lowest BCUT2D eigenvalue weighted by Crippen LogP contribution is -2.36. The monoisotopic (exact) mass is 264 g/mol. The number of nitrogen functional groups attached to an aromatic ring is 1. The maximum atomic E-state index is 5.87. The minimum atomic E-state index is 0.0772. The van der Waals surface area contributed by atoms with Gasteiger partial charge in [0.25, 0.3) is 0 Å². The molecule has 0 bridgehead atoms. The highest BCUT2D eigenvalue weighted by molar-refractivity contribution is 5.53. The SMILES string of the molecule is CC(C)Oc1nc(NC2CCN(C)CC2)ccc1N. The average molecular weight is 264 g/mol. The Bertz CT molecular complexity index is 414. The van der Waals surface area contributed by atoms with Gasteiger partial charge in [0.2, 0.25) is 5.88 Å². The summed E-state index contributed by atoms with van der Waals surface area (Å²) in [6.07, 6.45) is 2.36. The first-order valence-electron chi connectivity index (χ1n) is 6.93. The Morgan fingerprint density at radius 1 is 1.37 bits per heavy atom. The largest absolute Gasteiger partial charge is 0.473 e. The molecule has 1 aromatic heterocycles. The van der Waals surface area contributed by atoms with Gasteiger partial charge in [-0.05, 0) is 59.0 Å². The molecule has 19 heavy (non-hydrogen) atoms. The number of rotatable bonds is 4. The molecule has 0 amide bonds. The summed E-state index contributed by atoms with van der Waals surface area (Å²) in [4.78, 5) is 6.80. The van der Waals surface area contributed by atoms with E-state index in [9.17, 15) is 0 Å². The number of nitrogens with one attached hydrogen (secondary N) is 1. The van der Waals surface area contributed by atoms with Crippen LogP contribution in [0.4, 0.5) is 11.5 Å². The van der Waals surface area contributed by atoms with Gasteiger partial charge in [0.05, 0.1) is 11.8 Å². The van der Waals surface area contributed by atoms with Gasteiger partial charge in [-0.3, -0.25) is 0 Å². The van der Waals surface area contributed by atoms with E-state index in [4.69, 9.17) is 10.5 Å². The van der Waals surface area contributed by atoms with E-state index in [-0.39, 0.29) is 6.10 Å². The molecule has 1 aromatic rings. The number of ether oxygens (including phenoxy) is 1. The summed E-state index contributed by atoms with van der Waals surface area (Å²) in [6, 6.07) is 4.25. The second-order valence-electron chi connectivity index (χ2n) is 5.48. The standard InChI is InChI=1S/C14H24N4O/c1-10(2)19-14-12(15)4-5-13(17-14)16-11-6-8-18(3)9-7-11/h4-5,10-11H,6-9,15H2,1-3H3,(H,16,17). The Kier molecular flexibility index (Phi) is 4.47. The number of aromatic nitrogens is 1. The van der Waals surface area contributed by atoms with Crippen LogP contribution in [0.1, 0.15) is 26.7 Å². The van der Waals surface area contributed by atoms with Crippen molar-refractivity contribution in [1.82, 2.24) is 9.88 Å². The first kappa shape index (κ1) is 13.9. The third kappa shape index (κ3) is 3.99. The Hall–Kier alpha value is -1.49. The Labute approximate surface area is 115 Å². The molecule has 3 N–H and O–H groups in total. The molecule has 2 rings (SSSR count). The van der Waals surface area contributed by atoms with Gasteiger partial charge in [0.1, 0.15) is 5.82 Å². The smallest absolute Gasteiger partial charge is 0.239 e. The molecule has 0 saturated carbocycles. The predicted molar refractivity (Wildman–Crippen MR) is 78.6 cm³/mol. The van der Waals surface area contributed by atoms with Gasteiger partial charge >= 0.3 is 0 Å². The summed E-state index contributed by atoms with van der Waals surface area (Å²) in [5.41, 5.74) is 6.45. The molecule has 1 saturated heterocycles. The van der Waals surface area contributed by atoms with E-state index in [1.807, 2.05) is 26.0 Å². The summed E-state index contributed by atoms with van der Waals surface area (Å²) in [6.45, 7) is 6.19. The van der Waals surface area contributed by atoms with Gasteiger partial charge in [-0.2, -0.15) is 4.98 Å². The number of anilines is 2.